The maximum atomic E-state index is 11.7. The highest BCUT2D eigenvalue weighted by atomic mass is 16.5. The molecule has 0 fully saturated rings. The number of amides is 1. The van der Waals surface area contributed by atoms with Crippen LogP contribution in [0.1, 0.15) is 31.4 Å². The SMILES string of the molecule is Cc1ccc(OCC(=O)NC(C)(C)CC(=O)O)cc1C. The zero-order chi connectivity index (χ0) is 15.3. The van der Waals surface area contributed by atoms with Crippen LogP contribution < -0.4 is 10.1 Å². The summed E-state index contributed by atoms with van der Waals surface area (Å²) < 4.78 is 5.40. The third-order valence-corrected chi connectivity index (χ3v) is 2.92. The highest BCUT2D eigenvalue weighted by Gasteiger charge is 2.23. The fourth-order valence-corrected chi connectivity index (χ4v) is 1.79. The van der Waals surface area contributed by atoms with Crippen molar-refractivity contribution < 1.29 is 19.4 Å². The number of aliphatic carboxylic acids is 1. The molecule has 0 aliphatic heterocycles. The molecule has 0 saturated carbocycles. The molecule has 1 aromatic rings. The maximum Gasteiger partial charge on any atom is 0.305 e. The molecule has 0 aromatic heterocycles. The van der Waals surface area contributed by atoms with Crippen LogP contribution in [0.15, 0.2) is 18.2 Å². The Bertz CT molecular complexity index is 509. The van der Waals surface area contributed by atoms with Gasteiger partial charge < -0.3 is 15.2 Å². The summed E-state index contributed by atoms with van der Waals surface area (Å²) in [7, 11) is 0. The molecule has 0 radical (unpaired) electrons. The molecule has 0 aliphatic rings. The lowest BCUT2D eigenvalue weighted by Crippen LogP contribution is -2.46. The highest BCUT2D eigenvalue weighted by molar-refractivity contribution is 5.79. The molecular weight excluding hydrogens is 258 g/mol. The van der Waals surface area contributed by atoms with Crippen LogP contribution in [0.2, 0.25) is 0 Å². The van der Waals surface area contributed by atoms with Crippen LogP contribution in [-0.2, 0) is 9.59 Å². The zero-order valence-electron chi connectivity index (χ0n) is 12.3. The number of carboxylic acids is 1. The maximum absolute atomic E-state index is 11.7. The van der Waals surface area contributed by atoms with Gasteiger partial charge in [-0.1, -0.05) is 6.07 Å². The van der Waals surface area contributed by atoms with Crippen molar-refractivity contribution in [3.05, 3.63) is 29.3 Å². The first-order valence-electron chi connectivity index (χ1n) is 6.42. The van der Waals surface area contributed by atoms with Crippen molar-refractivity contribution in [2.24, 2.45) is 0 Å². The smallest absolute Gasteiger partial charge is 0.305 e. The Balaban J connectivity index is 2.51. The predicted molar refractivity (Wildman–Crippen MR) is 75.9 cm³/mol. The monoisotopic (exact) mass is 279 g/mol. The number of carbonyl (C=O) groups is 2. The average molecular weight is 279 g/mol. The van der Waals surface area contributed by atoms with Crippen LogP contribution >= 0.6 is 0 Å². The zero-order valence-corrected chi connectivity index (χ0v) is 12.3. The lowest BCUT2D eigenvalue weighted by atomic mass is 10.0. The van der Waals surface area contributed by atoms with E-state index >= 15 is 0 Å². The molecule has 5 heteroatoms. The van der Waals surface area contributed by atoms with Crippen LogP contribution in [0.4, 0.5) is 0 Å². The van der Waals surface area contributed by atoms with Gasteiger partial charge in [0.25, 0.3) is 5.91 Å². The van der Waals surface area contributed by atoms with Gasteiger partial charge in [-0.3, -0.25) is 9.59 Å². The number of rotatable bonds is 6. The lowest BCUT2D eigenvalue weighted by Gasteiger charge is -2.24. The molecule has 1 rings (SSSR count). The van der Waals surface area contributed by atoms with E-state index in [0.29, 0.717) is 5.75 Å². The van der Waals surface area contributed by atoms with Gasteiger partial charge >= 0.3 is 5.97 Å². The molecule has 2 N–H and O–H groups in total. The Labute approximate surface area is 118 Å². The van der Waals surface area contributed by atoms with Gasteiger partial charge in [-0.25, -0.2) is 0 Å². The second-order valence-electron chi connectivity index (χ2n) is 5.54. The molecule has 1 aromatic carbocycles. The number of carbonyl (C=O) groups excluding carboxylic acids is 1. The van der Waals surface area contributed by atoms with Crippen LogP contribution in [0.25, 0.3) is 0 Å². The minimum atomic E-state index is -0.953. The topological polar surface area (TPSA) is 75.6 Å². The Morgan fingerprint density at radius 3 is 2.45 bits per heavy atom. The molecule has 110 valence electrons. The molecule has 5 nitrogen and oxygen atoms in total. The van der Waals surface area contributed by atoms with Gasteiger partial charge in [-0.15, -0.1) is 0 Å². The molecule has 0 heterocycles. The van der Waals surface area contributed by atoms with Gasteiger partial charge in [0.05, 0.1) is 6.42 Å². The average Bonchev–Trinajstić information content (AvgIpc) is 2.28. The molecule has 0 spiro atoms. The first kappa shape index (κ1) is 16.0. The standard InChI is InChI=1S/C15H21NO4/c1-10-5-6-12(7-11(10)2)20-9-13(17)16-15(3,4)8-14(18)19/h5-7H,8-9H2,1-4H3,(H,16,17)(H,18,19). The van der Waals surface area contributed by atoms with Crippen molar-refractivity contribution in [3.63, 3.8) is 0 Å². The van der Waals surface area contributed by atoms with E-state index in [1.807, 2.05) is 26.0 Å². The summed E-state index contributed by atoms with van der Waals surface area (Å²) in [4.78, 5) is 22.4. The fourth-order valence-electron chi connectivity index (χ4n) is 1.79. The van der Waals surface area contributed by atoms with E-state index in [1.54, 1.807) is 19.9 Å². The minimum Gasteiger partial charge on any atom is -0.484 e. The van der Waals surface area contributed by atoms with Crippen molar-refractivity contribution in [1.82, 2.24) is 5.32 Å². The second kappa shape index (κ2) is 6.41. The summed E-state index contributed by atoms with van der Waals surface area (Å²) in [5.74, 6) is -0.667. The van der Waals surface area contributed by atoms with Gasteiger partial charge in [0, 0.05) is 5.54 Å². The molecule has 0 bridgehead atoms. The van der Waals surface area contributed by atoms with E-state index < -0.39 is 11.5 Å². The van der Waals surface area contributed by atoms with E-state index in [-0.39, 0.29) is 18.9 Å². The number of aryl methyl sites for hydroxylation is 2. The number of ether oxygens (including phenoxy) is 1. The van der Waals surface area contributed by atoms with Crippen molar-refractivity contribution >= 4 is 11.9 Å². The summed E-state index contributed by atoms with van der Waals surface area (Å²) in [6.45, 7) is 7.16. The number of hydrogen-bond acceptors (Lipinski definition) is 3. The van der Waals surface area contributed by atoms with Crippen molar-refractivity contribution in [2.45, 2.75) is 39.7 Å². The normalized spacial score (nSPS) is 11.0. The van der Waals surface area contributed by atoms with Gasteiger partial charge in [0.15, 0.2) is 6.61 Å². The first-order chi connectivity index (χ1) is 9.19. The predicted octanol–water partition coefficient (Wildman–Crippen LogP) is 2.05. The number of carboxylic acid groups (broad SMARTS) is 1. The summed E-state index contributed by atoms with van der Waals surface area (Å²) in [6, 6.07) is 5.60. The van der Waals surface area contributed by atoms with E-state index in [9.17, 15) is 9.59 Å². The van der Waals surface area contributed by atoms with Gasteiger partial charge in [0.1, 0.15) is 5.75 Å². The Morgan fingerprint density at radius 1 is 1.25 bits per heavy atom. The largest absolute Gasteiger partial charge is 0.484 e. The van der Waals surface area contributed by atoms with Crippen LogP contribution in [-0.4, -0.2) is 29.1 Å². The molecule has 0 unspecified atom stereocenters. The Kier molecular flexibility index (Phi) is 5.13. The molecule has 0 saturated heterocycles. The molecule has 0 atom stereocenters. The Morgan fingerprint density at radius 2 is 1.90 bits per heavy atom. The molecule has 20 heavy (non-hydrogen) atoms. The quantitative estimate of drug-likeness (QED) is 0.835. The van der Waals surface area contributed by atoms with E-state index in [2.05, 4.69) is 5.32 Å². The van der Waals surface area contributed by atoms with Crippen LogP contribution in [0.5, 0.6) is 5.75 Å². The van der Waals surface area contributed by atoms with Gasteiger partial charge in [-0.05, 0) is 51.0 Å². The fraction of sp³-hybridized carbons (Fsp3) is 0.467. The molecule has 1 amide bonds. The molecular formula is C15H21NO4. The van der Waals surface area contributed by atoms with E-state index in [4.69, 9.17) is 9.84 Å². The third-order valence-electron chi connectivity index (χ3n) is 2.92. The number of hydrogen-bond donors (Lipinski definition) is 2. The third kappa shape index (κ3) is 5.30. The second-order valence-corrected chi connectivity index (χ2v) is 5.54. The van der Waals surface area contributed by atoms with Crippen molar-refractivity contribution in [1.29, 1.82) is 0 Å². The van der Waals surface area contributed by atoms with Crippen LogP contribution in [0, 0.1) is 13.8 Å². The summed E-state index contributed by atoms with van der Waals surface area (Å²) >= 11 is 0. The van der Waals surface area contributed by atoms with E-state index in [0.717, 1.165) is 11.1 Å². The minimum absolute atomic E-state index is 0.133. The highest BCUT2D eigenvalue weighted by Crippen LogP contribution is 2.16. The van der Waals surface area contributed by atoms with Crippen molar-refractivity contribution in [2.75, 3.05) is 6.61 Å². The van der Waals surface area contributed by atoms with Crippen LogP contribution in [0.3, 0.4) is 0 Å². The van der Waals surface area contributed by atoms with Gasteiger partial charge in [0.2, 0.25) is 0 Å². The van der Waals surface area contributed by atoms with Crippen molar-refractivity contribution in [3.8, 4) is 5.75 Å². The number of nitrogens with one attached hydrogen (secondary N) is 1. The van der Waals surface area contributed by atoms with E-state index in [1.165, 1.54) is 0 Å². The lowest BCUT2D eigenvalue weighted by molar-refractivity contribution is -0.138. The first-order valence-corrected chi connectivity index (χ1v) is 6.42. The molecule has 0 aliphatic carbocycles. The Hall–Kier alpha value is -2.04. The summed E-state index contributed by atoms with van der Waals surface area (Å²) in [5, 5.41) is 11.4. The summed E-state index contributed by atoms with van der Waals surface area (Å²) in [5.41, 5.74) is 1.45. The summed E-state index contributed by atoms with van der Waals surface area (Å²) in [6.07, 6.45) is -0.137. The van der Waals surface area contributed by atoms with Gasteiger partial charge in [-0.2, -0.15) is 0 Å². The number of benzene rings is 1.